The van der Waals surface area contributed by atoms with Gasteiger partial charge in [0.1, 0.15) is 5.69 Å². The third-order valence-corrected chi connectivity index (χ3v) is 3.82. The zero-order valence-electron chi connectivity index (χ0n) is 14.3. The number of aryl methyl sites for hydroxylation is 1. The predicted molar refractivity (Wildman–Crippen MR) is 98.6 cm³/mol. The minimum absolute atomic E-state index is 0.149. The Labute approximate surface area is 149 Å². The summed E-state index contributed by atoms with van der Waals surface area (Å²) < 4.78 is 0. The molecule has 0 amide bonds. The first kappa shape index (κ1) is 17.2. The van der Waals surface area contributed by atoms with E-state index in [9.17, 15) is 14.9 Å². The molecule has 7 nitrogen and oxygen atoms in total. The van der Waals surface area contributed by atoms with Crippen LogP contribution in [0.2, 0.25) is 0 Å². The molecule has 0 saturated heterocycles. The first-order valence-corrected chi connectivity index (χ1v) is 7.90. The van der Waals surface area contributed by atoms with E-state index in [1.165, 1.54) is 19.1 Å². The van der Waals surface area contributed by atoms with Gasteiger partial charge in [0.25, 0.3) is 5.69 Å². The quantitative estimate of drug-likeness (QED) is 0.419. The van der Waals surface area contributed by atoms with Gasteiger partial charge in [0.15, 0.2) is 11.6 Å². The van der Waals surface area contributed by atoms with Crippen LogP contribution in [0.1, 0.15) is 23.0 Å². The number of nitrogens with zero attached hydrogens (tertiary/aromatic N) is 3. The summed E-state index contributed by atoms with van der Waals surface area (Å²) >= 11 is 0. The van der Waals surface area contributed by atoms with Crippen LogP contribution in [0.25, 0.3) is 11.4 Å². The maximum Gasteiger partial charge on any atom is 0.293 e. The summed E-state index contributed by atoms with van der Waals surface area (Å²) in [5.41, 5.74) is 2.87. The van der Waals surface area contributed by atoms with Crippen molar-refractivity contribution < 1.29 is 9.72 Å². The minimum atomic E-state index is -0.510. The highest BCUT2D eigenvalue weighted by Gasteiger charge is 2.16. The molecule has 1 N–H and O–H groups in total. The maximum atomic E-state index is 11.4. The second kappa shape index (κ2) is 7.10. The molecule has 0 aliphatic rings. The summed E-state index contributed by atoms with van der Waals surface area (Å²) in [4.78, 5) is 30.8. The Morgan fingerprint density at radius 2 is 1.85 bits per heavy atom. The highest BCUT2D eigenvalue weighted by molar-refractivity contribution is 5.95. The molecule has 26 heavy (non-hydrogen) atoms. The molecular weight excluding hydrogens is 332 g/mol. The van der Waals surface area contributed by atoms with E-state index in [4.69, 9.17) is 0 Å². The zero-order chi connectivity index (χ0) is 18.7. The van der Waals surface area contributed by atoms with Gasteiger partial charge in [-0.2, -0.15) is 0 Å². The van der Waals surface area contributed by atoms with Crippen LogP contribution in [-0.2, 0) is 0 Å². The fourth-order valence-electron chi connectivity index (χ4n) is 2.45. The van der Waals surface area contributed by atoms with E-state index in [0.717, 1.165) is 11.3 Å². The molecule has 1 aromatic heterocycles. The monoisotopic (exact) mass is 348 g/mol. The Bertz CT molecular complexity index is 984. The summed E-state index contributed by atoms with van der Waals surface area (Å²) in [5, 5.41) is 14.3. The van der Waals surface area contributed by atoms with Gasteiger partial charge in [0.2, 0.25) is 0 Å². The van der Waals surface area contributed by atoms with Crippen molar-refractivity contribution in [1.29, 1.82) is 0 Å². The lowest BCUT2D eigenvalue weighted by atomic mass is 10.1. The molecule has 7 heteroatoms. The number of Topliss-reactive ketones (excluding diaryl/α,β-unsaturated/α-hetero) is 1. The Morgan fingerprint density at radius 3 is 2.46 bits per heavy atom. The molecule has 3 aromatic rings. The van der Waals surface area contributed by atoms with Crippen LogP contribution < -0.4 is 5.32 Å². The van der Waals surface area contributed by atoms with Crippen LogP contribution in [0, 0.1) is 17.0 Å². The molecule has 2 aromatic carbocycles. The zero-order valence-corrected chi connectivity index (χ0v) is 14.3. The molecule has 3 rings (SSSR count). The van der Waals surface area contributed by atoms with Gasteiger partial charge in [-0.3, -0.25) is 14.9 Å². The van der Waals surface area contributed by atoms with Gasteiger partial charge >= 0.3 is 0 Å². The number of aromatic nitrogens is 2. The molecule has 1 heterocycles. The molecule has 0 aliphatic heterocycles. The van der Waals surface area contributed by atoms with Crippen LogP contribution in [0.4, 0.5) is 17.1 Å². The molecule has 0 aliphatic carbocycles. The van der Waals surface area contributed by atoms with Crippen molar-refractivity contribution in [3.05, 3.63) is 76.1 Å². The second-order valence-electron chi connectivity index (χ2n) is 5.77. The highest BCUT2D eigenvalue weighted by atomic mass is 16.6. The van der Waals surface area contributed by atoms with Crippen molar-refractivity contribution in [2.24, 2.45) is 0 Å². The van der Waals surface area contributed by atoms with Gasteiger partial charge in [0.05, 0.1) is 4.92 Å². The molecule has 0 fully saturated rings. The van der Waals surface area contributed by atoms with Crippen molar-refractivity contribution in [3.63, 3.8) is 0 Å². The van der Waals surface area contributed by atoms with E-state index >= 15 is 0 Å². The summed E-state index contributed by atoms with van der Waals surface area (Å²) in [6, 6.07) is 13.5. The number of nitro groups is 1. The Morgan fingerprint density at radius 1 is 1.12 bits per heavy atom. The lowest BCUT2D eigenvalue weighted by Crippen LogP contribution is -2.00. The van der Waals surface area contributed by atoms with Crippen molar-refractivity contribution in [3.8, 4) is 11.4 Å². The van der Waals surface area contributed by atoms with Crippen molar-refractivity contribution in [2.45, 2.75) is 13.8 Å². The number of carbonyl (C=O) groups excluding carboxylic acids is 1. The number of carbonyl (C=O) groups is 1. The number of hydrogen-bond donors (Lipinski definition) is 1. The molecule has 0 saturated carbocycles. The van der Waals surface area contributed by atoms with E-state index in [2.05, 4.69) is 15.3 Å². The van der Waals surface area contributed by atoms with Crippen LogP contribution in [0.15, 0.2) is 54.7 Å². The molecule has 0 bridgehead atoms. The third-order valence-electron chi connectivity index (χ3n) is 3.82. The fraction of sp³-hybridized carbons (Fsp3) is 0.105. The lowest BCUT2D eigenvalue weighted by molar-refractivity contribution is -0.383. The van der Waals surface area contributed by atoms with E-state index in [1.807, 2.05) is 25.1 Å². The maximum absolute atomic E-state index is 11.4. The topological polar surface area (TPSA) is 98.0 Å². The van der Waals surface area contributed by atoms with Gasteiger partial charge in [-0.25, -0.2) is 9.97 Å². The van der Waals surface area contributed by atoms with Crippen molar-refractivity contribution in [2.75, 3.05) is 5.32 Å². The molecule has 0 radical (unpaired) electrons. The number of ketones is 1. The van der Waals surface area contributed by atoms with Gasteiger partial charge in [-0.05, 0) is 56.3 Å². The smallest absolute Gasteiger partial charge is 0.293 e. The SMILES string of the molecule is CC(=O)c1ccc(Nc2ccc(-c3nccc(C)n3)cc2)c([N+](=O)[O-])c1. The van der Waals surface area contributed by atoms with Gasteiger partial charge in [-0.1, -0.05) is 0 Å². The van der Waals surface area contributed by atoms with E-state index in [-0.39, 0.29) is 11.5 Å². The standard InChI is InChI=1S/C19H16N4O3/c1-12-9-10-20-19(21-12)14-3-6-16(7-4-14)22-17-8-5-15(13(2)24)11-18(17)23(25)26/h3-11,22H,1-2H3. The third kappa shape index (κ3) is 3.72. The number of hydrogen-bond acceptors (Lipinski definition) is 6. The first-order chi connectivity index (χ1) is 12.4. The van der Waals surface area contributed by atoms with E-state index in [1.54, 1.807) is 24.4 Å². The van der Waals surface area contributed by atoms with Gasteiger partial charge < -0.3 is 5.32 Å². The summed E-state index contributed by atoms with van der Waals surface area (Å²) in [6.07, 6.45) is 1.70. The van der Waals surface area contributed by atoms with E-state index in [0.29, 0.717) is 22.8 Å². The summed E-state index contributed by atoms with van der Waals surface area (Å²) in [6.45, 7) is 3.27. The number of benzene rings is 2. The Kier molecular flexibility index (Phi) is 4.70. The Balaban J connectivity index is 1.87. The van der Waals surface area contributed by atoms with Crippen LogP contribution in [-0.4, -0.2) is 20.7 Å². The van der Waals surface area contributed by atoms with Crippen LogP contribution in [0.5, 0.6) is 0 Å². The molecule has 0 unspecified atom stereocenters. The molecule has 130 valence electrons. The number of nitro benzene ring substituents is 1. The van der Waals surface area contributed by atoms with Crippen molar-refractivity contribution >= 4 is 22.8 Å². The Hall–Kier alpha value is -3.61. The second-order valence-corrected chi connectivity index (χ2v) is 5.77. The predicted octanol–water partition coefficient (Wildman–Crippen LogP) is 4.31. The average Bonchev–Trinajstić information content (AvgIpc) is 2.62. The van der Waals surface area contributed by atoms with Crippen LogP contribution in [0.3, 0.4) is 0 Å². The normalized spacial score (nSPS) is 10.4. The summed E-state index contributed by atoms with van der Waals surface area (Å²) in [7, 11) is 0. The molecule has 0 atom stereocenters. The van der Waals surface area contributed by atoms with Crippen LogP contribution >= 0.6 is 0 Å². The molecular formula is C19H16N4O3. The van der Waals surface area contributed by atoms with E-state index < -0.39 is 4.92 Å². The molecule has 0 spiro atoms. The number of rotatable bonds is 5. The number of anilines is 2. The lowest BCUT2D eigenvalue weighted by Gasteiger charge is -2.09. The largest absolute Gasteiger partial charge is 0.350 e. The van der Waals surface area contributed by atoms with Gasteiger partial charge in [-0.15, -0.1) is 0 Å². The highest BCUT2D eigenvalue weighted by Crippen LogP contribution is 2.29. The van der Waals surface area contributed by atoms with Gasteiger partial charge in [0, 0.05) is 34.8 Å². The first-order valence-electron chi connectivity index (χ1n) is 7.90. The number of nitrogens with one attached hydrogen (secondary N) is 1. The van der Waals surface area contributed by atoms with Crippen molar-refractivity contribution in [1.82, 2.24) is 9.97 Å². The average molecular weight is 348 g/mol. The fourth-order valence-corrected chi connectivity index (χ4v) is 2.45. The summed E-state index contributed by atoms with van der Waals surface area (Å²) in [5.74, 6) is 0.399. The minimum Gasteiger partial charge on any atom is -0.350 e.